The third kappa shape index (κ3) is 4.58. The van der Waals surface area contributed by atoms with Crippen LogP contribution in [0, 0.1) is 6.07 Å². The van der Waals surface area contributed by atoms with Gasteiger partial charge in [0.15, 0.2) is 5.12 Å². The van der Waals surface area contributed by atoms with E-state index in [9.17, 15) is 4.79 Å². The molecule has 0 aliphatic heterocycles. The Hall–Kier alpha value is -0.960. The van der Waals surface area contributed by atoms with Gasteiger partial charge in [0.05, 0.1) is 6.61 Å². The molecule has 1 aromatic carbocycles. The molecule has 1 aromatic rings. The fourth-order valence-electron chi connectivity index (χ4n) is 0.812. The molecular weight excluding hydrogens is 184 g/mol. The standard InChI is InChI=1S/C10H11O2S/c1-9(11)13-8-7-12-10-5-3-2-4-6-10/h2-3,5-6H,7-8H2,1H3. The van der Waals surface area contributed by atoms with Crippen LogP contribution in [-0.2, 0) is 4.79 Å². The van der Waals surface area contributed by atoms with E-state index < -0.39 is 0 Å². The summed E-state index contributed by atoms with van der Waals surface area (Å²) in [5, 5.41) is 0.128. The van der Waals surface area contributed by atoms with Crippen molar-refractivity contribution in [1.29, 1.82) is 0 Å². The topological polar surface area (TPSA) is 26.3 Å². The zero-order valence-corrected chi connectivity index (χ0v) is 8.26. The van der Waals surface area contributed by atoms with Crippen LogP contribution in [0.4, 0.5) is 0 Å². The number of thioether (sulfide) groups is 1. The van der Waals surface area contributed by atoms with Gasteiger partial charge in [0.2, 0.25) is 0 Å². The molecule has 1 radical (unpaired) electrons. The average Bonchev–Trinajstić information content (AvgIpc) is 2.14. The molecule has 0 N–H and O–H groups in total. The Morgan fingerprint density at radius 2 is 2.54 bits per heavy atom. The normalized spacial score (nSPS) is 9.62. The van der Waals surface area contributed by atoms with E-state index in [4.69, 9.17) is 4.74 Å². The van der Waals surface area contributed by atoms with Gasteiger partial charge in [-0.3, -0.25) is 4.79 Å². The molecule has 1 rings (SSSR count). The van der Waals surface area contributed by atoms with Gasteiger partial charge in [0.25, 0.3) is 0 Å². The Morgan fingerprint density at radius 3 is 3.15 bits per heavy atom. The van der Waals surface area contributed by atoms with E-state index in [0.717, 1.165) is 5.75 Å². The third-order valence-electron chi connectivity index (χ3n) is 1.34. The van der Waals surface area contributed by atoms with Gasteiger partial charge in [-0.1, -0.05) is 23.9 Å². The minimum absolute atomic E-state index is 0.128. The maximum atomic E-state index is 10.6. The Labute approximate surface area is 82.3 Å². The van der Waals surface area contributed by atoms with Gasteiger partial charge in [0.1, 0.15) is 5.75 Å². The fourth-order valence-corrected chi connectivity index (χ4v) is 1.27. The van der Waals surface area contributed by atoms with E-state index in [0.29, 0.717) is 12.4 Å². The monoisotopic (exact) mass is 195 g/mol. The molecule has 0 bridgehead atoms. The predicted molar refractivity (Wildman–Crippen MR) is 53.9 cm³/mol. The minimum Gasteiger partial charge on any atom is -0.493 e. The van der Waals surface area contributed by atoms with Gasteiger partial charge in [-0.05, 0) is 18.2 Å². The molecule has 0 spiro atoms. The lowest BCUT2D eigenvalue weighted by Crippen LogP contribution is -2.01. The van der Waals surface area contributed by atoms with Gasteiger partial charge < -0.3 is 4.74 Å². The predicted octanol–water partition coefficient (Wildman–Crippen LogP) is 2.15. The van der Waals surface area contributed by atoms with Gasteiger partial charge in [0, 0.05) is 12.7 Å². The second kappa shape index (κ2) is 5.65. The van der Waals surface area contributed by atoms with Gasteiger partial charge in [-0.25, -0.2) is 0 Å². The van der Waals surface area contributed by atoms with E-state index in [1.54, 1.807) is 13.0 Å². The number of benzene rings is 1. The summed E-state index contributed by atoms with van der Waals surface area (Å²) in [7, 11) is 0. The van der Waals surface area contributed by atoms with E-state index in [1.807, 2.05) is 18.2 Å². The number of rotatable bonds is 4. The molecule has 0 unspecified atom stereocenters. The van der Waals surface area contributed by atoms with Gasteiger partial charge in [-0.2, -0.15) is 0 Å². The van der Waals surface area contributed by atoms with E-state index in [1.165, 1.54) is 11.8 Å². The molecule has 3 heteroatoms. The molecule has 0 saturated carbocycles. The van der Waals surface area contributed by atoms with Crippen LogP contribution in [0.2, 0.25) is 0 Å². The molecule has 69 valence electrons. The molecule has 0 heterocycles. The highest BCUT2D eigenvalue weighted by atomic mass is 32.2. The smallest absolute Gasteiger partial charge is 0.185 e. The Morgan fingerprint density at radius 1 is 1.69 bits per heavy atom. The molecule has 0 saturated heterocycles. The minimum atomic E-state index is 0.128. The first-order valence-corrected chi connectivity index (χ1v) is 5.00. The highest BCUT2D eigenvalue weighted by Gasteiger charge is 1.94. The number of carbonyl (C=O) groups is 1. The van der Waals surface area contributed by atoms with Gasteiger partial charge >= 0.3 is 0 Å². The largest absolute Gasteiger partial charge is 0.493 e. The number of ether oxygens (including phenoxy) is 1. The van der Waals surface area contributed by atoms with Crippen LogP contribution in [0.15, 0.2) is 24.3 Å². The Balaban J connectivity index is 2.17. The zero-order valence-electron chi connectivity index (χ0n) is 7.45. The average molecular weight is 195 g/mol. The van der Waals surface area contributed by atoms with Crippen molar-refractivity contribution in [3.8, 4) is 5.75 Å². The van der Waals surface area contributed by atoms with Gasteiger partial charge in [-0.15, -0.1) is 0 Å². The lowest BCUT2D eigenvalue weighted by molar-refractivity contribution is -0.109. The number of carbonyl (C=O) groups excluding carboxylic acids is 1. The summed E-state index contributed by atoms with van der Waals surface area (Å²) in [4.78, 5) is 10.6. The summed E-state index contributed by atoms with van der Waals surface area (Å²) in [6.45, 7) is 2.11. The van der Waals surface area contributed by atoms with Crippen molar-refractivity contribution >= 4 is 16.9 Å². The van der Waals surface area contributed by atoms with E-state index >= 15 is 0 Å². The number of hydrogen-bond acceptors (Lipinski definition) is 3. The van der Waals surface area contributed by atoms with Crippen molar-refractivity contribution in [1.82, 2.24) is 0 Å². The Bertz CT molecular complexity index is 259. The van der Waals surface area contributed by atoms with Crippen LogP contribution in [0.1, 0.15) is 6.92 Å². The lowest BCUT2D eigenvalue weighted by atomic mass is 10.3. The number of hydrogen-bond donors (Lipinski definition) is 0. The zero-order chi connectivity index (χ0) is 9.52. The van der Waals surface area contributed by atoms with Crippen molar-refractivity contribution in [2.45, 2.75) is 6.92 Å². The van der Waals surface area contributed by atoms with Crippen LogP contribution < -0.4 is 4.74 Å². The molecule has 0 fully saturated rings. The summed E-state index contributed by atoms with van der Waals surface area (Å²) < 4.78 is 5.35. The first-order valence-electron chi connectivity index (χ1n) is 4.01. The van der Waals surface area contributed by atoms with Crippen LogP contribution in [-0.4, -0.2) is 17.5 Å². The second-order valence-electron chi connectivity index (χ2n) is 2.43. The van der Waals surface area contributed by atoms with Crippen molar-refractivity contribution in [3.63, 3.8) is 0 Å². The first kappa shape index (κ1) is 10.1. The molecule has 13 heavy (non-hydrogen) atoms. The summed E-state index contributed by atoms with van der Waals surface area (Å²) in [6.07, 6.45) is 0. The summed E-state index contributed by atoms with van der Waals surface area (Å²) in [6, 6.07) is 10.2. The van der Waals surface area contributed by atoms with Crippen molar-refractivity contribution in [3.05, 3.63) is 30.3 Å². The highest BCUT2D eigenvalue weighted by Crippen LogP contribution is 2.08. The molecule has 0 aliphatic rings. The van der Waals surface area contributed by atoms with Crippen molar-refractivity contribution < 1.29 is 9.53 Å². The summed E-state index contributed by atoms with van der Waals surface area (Å²) in [5.41, 5.74) is 0. The maximum absolute atomic E-state index is 10.6. The van der Waals surface area contributed by atoms with Crippen LogP contribution >= 0.6 is 11.8 Å². The van der Waals surface area contributed by atoms with Crippen LogP contribution in [0.25, 0.3) is 0 Å². The molecule has 2 nitrogen and oxygen atoms in total. The molecule has 0 aliphatic carbocycles. The highest BCUT2D eigenvalue weighted by molar-refractivity contribution is 8.13. The summed E-state index contributed by atoms with van der Waals surface area (Å²) in [5.74, 6) is 1.50. The Kier molecular flexibility index (Phi) is 4.40. The second-order valence-corrected chi connectivity index (χ2v) is 3.70. The SMILES string of the molecule is CC(=O)SCCOc1c[c]ccc1. The van der Waals surface area contributed by atoms with Crippen molar-refractivity contribution in [2.24, 2.45) is 0 Å². The lowest BCUT2D eigenvalue weighted by Gasteiger charge is -2.03. The van der Waals surface area contributed by atoms with Crippen LogP contribution in [0.3, 0.4) is 0 Å². The summed E-state index contributed by atoms with van der Waals surface area (Å²) >= 11 is 1.28. The van der Waals surface area contributed by atoms with Crippen molar-refractivity contribution in [2.75, 3.05) is 12.4 Å². The molecular formula is C10H11O2S. The first-order chi connectivity index (χ1) is 6.29. The maximum Gasteiger partial charge on any atom is 0.185 e. The van der Waals surface area contributed by atoms with Crippen LogP contribution in [0.5, 0.6) is 5.75 Å². The molecule has 0 atom stereocenters. The fraction of sp³-hybridized carbons (Fsp3) is 0.300. The molecule has 0 aromatic heterocycles. The molecule has 0 amide bonds. The van der Waals surface area contributed by atoms with E-state index in [2.05, 4.69) is 6.07 Å². The third-order valence-corrected chi connectivity index (χ3v) is 2.11. The van der Waals surface area contributed by atoms with E-state index in [-0.39, 0.29) is 5.12 Å². The quantitative estimate of drug-likeness (QED) is 0.688.